The lowest BCUT2D eigenvalue weighted by molar-refractivity contribution is 0.595. The minimum absolute atomic E-state index is 0.229. The van der Waals surface area contributed by atoms with Crippen LogP contribution in [0.3, 0.4) is 0 Å². The monoisotopic (exact) mass is 530 g/mol. The molecule has 2 nitrogen and oxygen atoms in total. The van der Waals surface area contributed by atoms with E-state index < -0.39 is 9.84 Å². The van der Waals surface area contributed by atoms with Crippen LogP contribution in [0, 0.1) is 0 Å². The molecule has 19 heavy (non-hydrogen) atoms. The second-order valence-electron chi connectivity index (χ2n) is 3.68. The lowest BCUT2D eigenvalue weighted by Crippen LogP contribution is -2.03. The van der Waals surface area contributed by atoms with Crippen molar-refractivity contribution in [1.82, 2.24) is 0 Å². The molecule has 0 aliphatic heterocycles. The molecule has 0 amide bonds. The van der Waals surface area contributed by atoms with Crippen molar-refractivity contribution in [3.05, 3.63) is 54.3 Å². The van der Waals surface area contributed by atoms with E-state index in [1.165, 1.54) is 0 Å². The van der Waals surface area contributed by atoms with Gasteiger partial charge in [-0.25, -0.2) is 8.42 Å². The Labute approximate surface area is 145 Å². The van der Waals surface area contributed by atoms with E-state index in [0.29, 0.717) is 17.9 Å². The summed E-state index contributed by atoms with van der Waals surface area (Å²) >= 11 is 13.2. The first kappa shape index (κ1) is 15.7. The molecule has 0 spiro atoms. The molecule has 0 saturated heterocycles. The third-order valence-electron chi connectivity index (χ3n) is 2.33. The zero-order chi connectivity index (χ0) is 14.2. The fourth-order valence-corrected chi connectivity index (χ4v) is 5.91. The van der Waals surface area contributed by atoms with Crippen molar-refractivity contribution in [2.75, 3.05) is 0 Å². The maximum absolute atomic E-state index is 12.6. The molecular weight excluding hydrogens is 528 g/mol. The molecule has 0 saturated carbocycles. The lowest BCUT2D eigenvalue weighted by atomic mass is 10.4. The first-order chi connectivity index (χ1) is 8.80. The van der Waals surface area contributed by atoms with Crippen LogP contribution in [0.25, 0.3) is 0 Å². The van der Waals surface area contributed by atoms with E-state index in [9.17, 15) is 8.42 Å². The largest absolute Gasteiger partial charge is 0.218 e. The predicted octanol–water partition coefficient (Wildman–Crippen LogP) is 5.57. The van der Waals surface area contributed by atoms with E-state index in [4.69, 9.17) is 0 Å². The molecular formula is C12H6Br4O2S. The number of rotatable bonds is 2. The fraction of sp³-hybridized carbons (Fsp3) is 0. The predicted molar refractivity (Wildman–Crippen MR) is 89.1 cm³/mol. The molecule has 2 aromatic rings. The van der Waals surface area contributed by atoms with Crippen molar-refractivity contribution in [3.63, 3.8) is 0 Å². The molecule has 0 unspecified atom stereocenters. The van der Waals surface area contributed by atoms with Crippen LogP contribution in [-0.2, 0) is 9.84 Å². The SMILES string of the molecule is O=S(=O)(c1cc(Br)cc(Br)c1)c1cc(Br)ccc1Br. The number of halogens is 4. The van der Waals surface area contributed by atoms with Gasteiger partial charge in [0.2, 0.25) is 9.84 Å². The first-order valence-electron chi connectivity index (χ1n) is 4.97. The molecule has 0 heterocycles. The highest BCUT2D eigenvalue weighted by molar-refractivity contribution is 9.11. The van der Waals surface area contributed by atoms with Crippen molar-refractivity contribution >= 4 is 73.6 Å². The summed E-state index contributed by atoms with van der Waals surface area (Å²) < 4.78 is 27.9. The average molecular weight is 534 g/mol. The van der Waals surface area contributed by atoms with E-state index in [1.54, 1.807) is 36.4 Å². The molecule has 0 bridgehead atoms. The Hall–Kier alpha value is 0.310. The Morgan fingerprint density at radius 1 is 0.737 bits per heavy atom. The van der Waals surface area contributed by atoms with Gasteiger partial charge in [-0.3, -0.25) is 0 Å². The van der Waals surface area contributed by atoms with E-state index in [0.717, 1.165) is 0 Å². The van der Waals surface area contributed by atoms with E-state index >= 15 is 0 Å². The van der Waals surface area contributed by atoms with Gasteiger partial charge in [-0.05, 0) is 52.3 Å². The maximum Gasteiger partial charge on any atom is 0.207 e. The van der Waals surface area contributed by atoms with Gasteiger partial charge in [-0.15, -0.1) is 0 Å². The smallest absolute Gasteiger partial charge is 0.207 e. The minimum Gasteiger partial charge on any atom is -0.218 e. The Morgan fingerprint density at radius 2 is 1.32 bits per heavy atom. The third kappa shape index (κ3) is 3.50. The van der Waals surface area contributed by atoms with Crippen LogP contribution in [0.1, 0.15) is 0 Å². The zero-order valence-corrected chi connectivity index (χ0v) is 16.4. The summed E-state index contributed by atoms with van der Waals surface area (Å²) in [6.07, 6.45) is 0. The third-order valence-corrected chi connectivity index (χ3v) is 6.47. The Bertz CT molecular complexity index is 721. The van der Waals surface area contributed by atoms with Crippen molar-refractivity contribution in [2.24, 2.45) is 0 Å². The number of hydrogen-bond donors (Lipinski definition) is 0. The van der Waals surface area contributed by atoms with Gasteiger partial charge in [0.25, 0.3) is 0 Å². The summed E-state index contributed by atoms with van der Waals surface area (Å²) in [5.74, 6) is 0. The van der Waals surface area contributed by atoms with Crippen molar-refractivity contribution in [1.29, 1.82) is 0 Å². The summed E-state index contributed by atoms with van der Waals surface area (Å²) in [5, 5.41) is 0. The minimum atomic E-state index is -3.57. The highest BCUT2D eigenvalue weighted by Crippen LogP contribution is 2.32. The molecule has 100 valence electrons. The number of hydrogen-bond acceptors (Lipinski definition) is 2. The Balaban J connectivity index is 2.68. The Kier molecular flexibility index (Phi) is 4.93. The van der Waals surface area contributed by atoms with Crippen LogP contribution in [-0.4, -0.2) is 8.42 Å². The summed E-state index contributed by atoms with van der Waals surface area (Å²) in [6.45, 7) is 0. The average Bonchev–Trinajstić information content (AvgIpc) is 2.31. The highest BCUT2D eigenvalue weighted by atomic mass is 79.9. The van der Waals surface area contributed by atoms with E-state index in [1.807, 2.05) is 0 Å². The zero-order valence-electron chi connectivity index (χ0n) is 9.20. The van der Waals surface area contributed by atoms with E-state index in [-0.39, 0.29) is 9.79 Å². The standard InChI is InChI=1S/C12H6Br4O2S/c13-7-1-2-11(16)12(6-7)19(17,18)10-4-8(14)3-9(15)5-10/h1-6H. The molecule has 0 aliphatic rings. The van der Waals surface area contributed by atoms with Crippen LogP contribution in [0.4, 0.5) is 0 Å². The van der Waals surface area contributed by atoms with E-state index in [2.05, 4.69) is 63.7 Å². The molecule has 0 fully saturated rings. The Morgan fingerprint density at radius 3 is 1.89 bits per heavy atom. The van der Waals surface area contributed by atoms with Gasteiger partial charge in [-0.1, -0.05) is 47.8 Å². The van der Waals surface area contributed by atoms with Crippen molar-refractivity contribution in [2.45, 2.75) is 9.79 Å². The van der Waals surface area contributed by atoms with Gasteiger partial charge in [0.1, 0.15) is 0 Å². The number of benzene rings is 2. The molecule has 2 aromatic carbocycles. The van der Waals surface area contributed by atoms with Gasteiger partial charge in [-0.2, -0.15) is 0 Å². The summed E-state index contributed by atoms with van der Waals surface area (Å²) in [6, 6.07) is 9.99. The number of sulfone groups is 1. The molecule has 7 heteroatoms. The molecule has 0 aromatic heterocycles. The lowest BCUT2D eigenvalue weighted by Gasteiger charge is -2.08. The van der Waals surface area contributed by atoms with Crippen LogP contribution >= 0.6 is 63.7 Å². The molecule has 2 rings (SSSR count). The van der Waals surface area contributed by atoms with Gasteiger partial charge >= 0.3 is 0 Å². The highest BCUT2D eigenvalue weighted by Gasteiger charge is 2.21. The van der Waals surface area contributed by atoms with Crippen LogP contribution in [0.5, 0.6) is 0 Å². The van der Waals surface area contributed by atoms with Gasteiger partial charge in [0, 0.05) is 17.9 Å². The van der Waals surface area contributed by atoms with Gasteiger partial charge in [0.05, 0.1) is 9.79 Å². The topological polar surface area (TPSA) is 34.1 Å². The van der Waals surface area contributed by atoms with Crippen LogP contribution < -0.4 is 0 Å². The normalized spacial score (nSPS) is 11.6. The van der Waals surface area contributed by atoms with Crippen LogP contribution in [0.2, 0.25) is 0 Å². The summed E-state index contributed by atoms with van der Waals surface area (Å²) in [7, 11) is -3.57. The maximum atomic E-state index is 12.6. The second kappa shape index (κ2) is 5.97. The summed E-state index contributed by atoms with van der Waals surface area (Å²) in [4.78, 5) is 0.458. The molecule has 0 aliphatic carbocycles. The van der Waals surface area contributed by atoms with Gasteiger partial charge in [0.15, 0.2) is 0 Å². The second-order valence-corrected chi connectivity index (χ2v) is 9.20. The first-order valence-corrected chi connectivity index (χ1v) is 9.62. The van der Waals surface area contributed by atoms with Gasteiger partial charge < -0.3 is 0 Å². The summed E-state index contributed by atoms with van der Waals surface area (Å²) in [5.41, 5.74) is 0. The van der Waals surface area contributed by atoms with Crippen LogP contribution in [0.15, 0.2) is 64.1 Å². The molecule has 0 N–H and O–H groups in total. The molecule has 0 radical (unpaired) electrons. The quantitative estimate of drug-likeness (QED) is 0.506. The molecule has 0 atom stereocenters. The van der Waals surface area contributed by atoms with Crippen molar-refractivity contribution in [3.8, 4) is 0 Å². The fourth-order valence-electron chi connectivity index (χ4n) is 1.49. The van der Waals surface area contributed by atoms with Crippen molar-refractivity contribution < 1.29 is 8.42 Å².